The number of allylic oxidation sites excluding steroid dienone is 5. The van der Waals surface area contributed by atoms with Crippen molar-refractivity contribution in [2.75, 3.05) is 0 Å². The van der Waals surface area contributed by atoms with Gasteiger partial charge in [-0.2, -0.15) is 0 Å². The number of rotatable bonds is 3. The number of benzene rings is 1. The summed E-state index contributed by atoms with van der Waals surface area (Å²) in [6, 6.07) is 4.96. The summed E-state index contributed by atoms with van der Waals surface area (Å²) >= 11 is -2.95. The van der Waals surface area contributed by atoms with Crippen molar-refractivity contribution >= 4 is 6.08 Å². The van der Waals surface area contributed by atoms with E-state index in [0.717, 1.165) is 0 Å². The van der Waals surface area contributed by atoms with Crippen molar-refractivity contribution in [2.24, 2.45) is 5.41 Å². The van der Waals surface area contributed by atoms with Gasteiger partial charge in [0.1, 0.15) is 0 Å². The van der Waals surface area contributed by atoms with Crippen molar-refractivity contribution in [3.05, 3.63) is 60.0 Å². The molecular weight excluding hydrogens is 515 g/mol. The Hall–Kier alpha value is -0.690. The molecule has 1 atom stereocenters. The summed E-state index contributed by atoms with van der Waals surface area (Å²) in [7, 11) is 0. The fourth-order valence-corrected chi connectivity index (χ4v) is 22.1. The fraction of sp³-hybridized carbons (Fsp3) is 0.571. The van der Waals surface area contributed by atoms with E-state index >= 15 is 0 Å². The minimum absolute atomic E-state index is 0.287. The fourth-order valence-electron chi connectivity index (χ4n) is 5.99. The Morgan fingerprint density at radius 1 is 0.862 bits per heavy atom. The second-order valence-corrected chi connectivity index (χ2v) is 29.1. The first-order valence-electron chi connectivity index (χ1n) is 11.3. The monoisotopic (exact) mass is 558 g/mol. The predicted molar refractivity (Wildman–Crippen MR) is 128 cm³/mol. The molecule has 29 heavy (non-hydrogen) atoms. The molecule has 1 aromatic rings. The number of aryl methyl sites for hydroxylation is 2. The zero-order valence-corrected chi connectivity index (χ0v) is 24.6. The van der Waals surface area contributed by atoms with E-state index in [2.05, 4.69) is 96.8 Å². The van der Waals surface area contributed by atoms with Gasteiger partial charge in [-0.25, -0.2) is 0 Å². The first kappa shape index (κ1) is 23.0. The molecule has 0 radical (unpaired) electrons. The zero-order valence-electron chi connectivity index (χ0n) is 21.0. The van der Waals surface area contributed by atoms with Crippen molar-refractivity contribution in [1.82, 2.24) is 0 Å². The molecule has 1 aromatic carbocycles. The molecule has 0 saturated carbocycles. The average molecular weight is 557 g/mol. The summed E-state index contributed by atoms with van der Waals surface area (Å²) in [4.78, 5) is 0. The van der Waals surface area contributed by atoms with E-state index in [9.17, 15) is 0 Å². The van der Waals surface area contributed by atoms with Gasteiger partial charge < -0.3 is 0 Å². The van der Waals surface area contributed by atoms with E-state index in [4.69, 9.17) is 0 Å². The van der Waals surface area contributed by atoms with E-state index in [1.807, 2.05) is 3.33 Å². The van der Waals surface area contributed by atoms with E-state index in [1.54, 1.807) is 27.9 Å². The van der Waals surface area contributed by atoms with Crippen LogP contribution in [0.3, 0.4) is 0 Å². The van der Waals surface area contributed by atoms with Crippen molar-refractivity contribution in [1.29, 1.82) is 0 Å². The maximum atomic E-state index is 2.72. The van der Waals surface area contributed by atoms with Crippen LogP contribution >= 0.6 is 0 Å². The molecule has 0 bridgehead atoms. The van der Waals surface area contributed by atoms with Crippen LogP contribution in [0.15, 0.2) is 37.8 Å². The van der Waals surface area contributed by atoms with E-state index in [-0.39, 0.29) is 3.17 Å². The first-order chi connectivity index (χ1) is 13.1. The third kappa shape index (κ3) is 3.44. The zero-order chi connectivity index (χ0) is 22.1. The molecule has 1 unspecified atom stereocenters. The molecule has 0 amide bonds. The Morgan fingerprint density at radius 3 is 1.83 bits per heavy atom. The van der Waals surface area contributed by atoms with Crippen LogP contribution in [0.1, 0.15) is 90.0 Å². The summed E-state index contributed by atoms with van der Waals surface area (Å²) in [6.45, 7) is 23.9. The number of hydrogen-bond acceptors (Lipinski definition) is 0. The van der Waals surface area contributed by atoms with Gasteiger partial charge in [0.15, 0.2) is 0 Å². The molecule has 2 aliphatic rings. The summed E-state index contributed by atoms with van der Waals surface area (Å²) in [5.41, 5.74) is 12.7. The van der Waals surface area contributed by atoms with Crippen LogP contribution in [0, 0.1) is 19.3 Å². The van der Waals surface area contributed by atoms with Crippen molar-refractivity contribution in [3.63, 3.8) is 0 Å². The molecule has 3 rings (SSSR count). The molecule has 0 fully saturated rings. The second kappa shape index (κ2) is 7.18. The van der Waals surface area contributed by atoms with Gasteiger partial charge in [-0.3, -0.25) is 0 Å². The third-order valence-corrected chi connectivity index (χ3v) is 27.4. The molecular formula is C28H42Hf. The molecule has 0 spiro atoms. The Kier molecular flexibility index (Phi) is 5.69. The van der Waals surface area contributed by atoms with Crippen LogP contribution < -0.4 is 0 Å². The Bertz CT molecular complexity index is 933. The SMILES string of the molecule is CC1=C(C)[C](C)([Hf]([CH3])([CH3])[C]2=Cc3cc(C)c(C)cc3C2CC(C)(C)C)C(C)=C1C. The summed E-state index contributed by atoms with van der Waals surface area (Å²) in [5, 5.41) is 0. The van der Waals surface area contributed by atoms with Gasteiger partial charge in [-0.1, -0.05) is 0 Å². The topological polar surface area (TPSA) is 0 Å². The Morgan fingerprint density at radius 2 is 1.34 bits per heavy atom. The molecule has 2 aliphatic carbocycles. The summed E-state index contributed by atoms with van der Waals surface area (Å²) < 4.78 is 7.57. The molecule has 1 heteroatoms. The third-order valence-electron chi connectivity index (χ3n) is 8.74. The van der Waals surface area contributed by atoms with Gasteiger partial charge in [0.2, 0.25) is 0 Å². The molecule has 0 aromatic heterocycles. The standard InChI is InChI=1S/C16H21.C10H15.2CH3.Hf/c1-11-8-13-6-7-14(10-16(3,4)5)15(13)9-12(11)2;1-6-7(2)9(4)10(5)8(6)3;;;/h6,8-9,14H,10H2,1-5H3;1-5H3;2*1H3;. The van der Waals surface area contributed by atoms with Crippen LogP contribution in [-0.2, 0) is 20.0 Å². The van der Waals surface area contributed by atoms with Crippen molar-refractivity contribution in [3.8, 4) is 0 Å². The van der Waals surface area contributed by atoms with E-state index < -0.39 is 20.0 Å². The molecule has 0 nitrogen and oxygen atoms in total. The van der Waals surface area contributed by atoms with Gasteiger partial charge in [-0.15, -0.1) is 0 Å². The summed E-state index contributed by atoms with van der Waals surface area (Å²) in [5.74, 6) is 0.597. The van der Waals surface area contributed by atoms with Crippen LogP contribution in [0.25, 0.3) is 6.08 Å². The Balaban J connectivity index is 2.21. The van der Waals surface area contributed by atoms with Crippen molar-refractivity contribution in [2.45, 2.75) is 94.1 Å². The summed E-state index contributed by atoms with van der Waals surface area (Å²) in [6.07, 6.45) is 3.89. The predicted octanol–water partition coefficient (Wildman–Crippen LogP) is 9.29. The van der Waals surface area contributed by atoms with E-state index in [1.165, 1.54) is 23.1 Å². The number of hydrogen-bond donors (Lipinski definition) is 0. The molecule has 0 aliphatic heterocycles. The first-order valence-corrected chi connectivity index (χ1v) is 22.1. The van der Waals surface area contributed by atoms with Gasteiger partial charge in [-0.05, 0) is 0 Å². The molecule has 0 heterocycles. The van der Waals surface area contributed by atoms with Gasteiger partial charge in [0.25, 0.3) is 0 Å². The van der Waals surface area contributed by atoms with Crippen LogP contribution in [0.5, 0.6) is 0 Å². The van der Waals surface area contributed by atoms with Crippen LogP contribution in [0.2, 0.25) is 12.5 Å². The van der Waals surface area contributed by atoms with Gasteiger partial charge in [0.05, 0.1) is 0 Å². The average Bonchev–Trinajstić information content (AvgIpc) is 3.01. The maximum absolute atomic E-state index is 2.95. The molecule has 0 N–H and O–H groups in total. The van der Waals surface area contributed by atoms with Gasteiger partial charge in [0, 0.05) is 0 Å². The van der Waals surface area contributed by atoms with Crippen LogP contribution in [0.4, 0.5) is 0 Å². The normalized spacial score (nSPS) is 21.8. The quantitative estimate of drug-likeness (QED) is 0.325. The van der Waals surface area contributed by atoms with Gasteiger partial charge >= 0.3 is 186 Å². The number of fused-ring (bicyclic) bond motifs is 1. The van der Waals surface area contributed by atoms with Crippen LogP contribution in [-0.4, -0.2) is 0 Å². The van der Waals surface area contributed by atoms with E-state index in [0.29, 0.717) is 11.3 Å². The minimum atomic E-state index is -2.95. The van der Waals surface area contributed by atoms with Crippen molar-refractivity contribution < 1.29 is 20.0 Å². The molecule has 0 saturated heterocycles. The second-order valence-electron chi connectivity index (χ2n) is 11.7. The molecule has 158 valence electrons. The Labute approximate surface area is 184 Å².